The van der Waals surface area contributed by atoms with Crippen LogP contribution in [0.3, 0.4) is 0 Å². The molecule has 0 aliphatic carbocycles. The molecule has 1 unspecified atom stereocenters. The van der Waals surface area contributed by atoms with Crippen LogP contribution in [0.15, 0.2) is 23.6 Å². The van der Waals surface area contributed by atoms with Crippen molar-refractivity contribution in [1.82, 2.24) is 10.3 Å². The Morgan fingerprint density at radius 2 is 1.55 bits per heavy atom. The van der Waals surface area contributed by atoms with E-state index >= 15 is 0 Å². The third kappa shape index (κ3) is 13.8. The normalized spacial score (nSPS) is 13.0. The number of unbranched alkanes of at least 4 members (excludes halogenated alkanes) is 12. The second kappa shape index (κ2) is 17.9. The van der Waals surface area contributed by atoms with E-state index in [2.05, 4.69) is 49.1 Å². The van der Waals surface area contributed by atoms with Crippen LogP contribution in [0.4, 0.5) is 0 Å². The fourth-order valence-electron chi connectivity index (χ4n) is 3.80. The number of hydrogen-bond donors (Lipinski definition) is 1. The maximum Gasteiger partial charge on any atom is 0.0901 e. The highest BCUT2D eigenvalue weighted by atomic mass is 32.1. The van der Waals surface area contributed by atoms with Gasteiger partial charge in [0.25, 0.3) is 0 Å². The second-order valence-electron chi connectivity index (χ2n) is 8.45. The van der Waals surface area contributed by atoms with Gasteiger partial charge < -0.3 is 5.32 Å². The van der Waals surface area contributed by atoms with Crippen LogP contribution in [0, 0.1) is 6.92 Å². The van der Waals surface area contributed by atoms with E-state index in [0.717, 1.165) is 23.7 Å². The Morgan fingerprint density at radius 1 is 1.00 bits per heavy atom. The monoisotopic (exact) mass is 418 g/mol. The lowest BCUT2D eigenvalue weighted by molar-refractivity contribution is 0.516. The van der Waals surface area contributed by atoms with Gasteiger partial charge in [-0.15, -0.1) is 17.9 Å². The molecule has 0 spiro atoms. The van der Waals surface area contributed by atoms with E-state index < -0.39 is 0 Å². The average Bonchev–Trinajstić information content (AvgIpc) is 3.11. The highest BCUT2D eigenvalue weighted by Crippen LogP contribution is 2.16. The zero-order valence-electron chi connectivity index (χ0n) is 19.5. The molecule has 2 nitrogen and oxygen atoms in total. The molecule has 0 aliphatic heterocycles. The number of thiazole rings is 1. The molecule has 0 amide bonds. The first-order valence-electron chi connectivity index (χ1n) is 12.1. The number of nitrogens with zero attached hydrogens (tertiary/aromatic N) is 1. The minimum Gasteiger partial charge on any atom is -0.310 e. The molecular weight excluding hydrogens is 372 g/mol. The van der Waals surface area contributed by atoms with Gasteiger partial charge in [0.15, 0.2) is 0 Å². The molecule has 1 atom stereocenters. The minimum atomic E-state index is 0.381. The van der Waals surface area contributed by atoms with Crippen molar-refractivity contribution in [3.05, 3.63) is 34.3 Å². The summed E-state index contributed by atoms with van der Waals surface area (Å²) in [6.45, 7) is 11.6. The van der Waals surface area contributed by atoms with Gasteiger partial charge in [0.1, 0.15) is 0 Å². The number of nitrogens with one attached hydrogen (secondary N) is 1. The molecule has 0 radical (unpaired) electrons. The van der Waals surface area contributed by atoms with Gasteiger partial charge in [0, 0.05) is 11.4 Å². The summed E-state index contributed by atoms with van der Waals surface area (Å²) >= 11 is 1.71. The summed E-state index contributed by atoms with van der Waals surface area (Å²) in [5.74, 6) is 0. The summed E-state index contributed by atoms with van der Waals surface area (Å²) < 4.78 is 0. The van der Waals surface area contributed by atoms with Crippen molar-refractivity contribution in [3.8, 4) is 0 Å². The molecule has 0 fully saturated rings. The maximum atomic E-state index is 4.56. The van der Waals surface area contributed by atoms with Gasteiger partial charge >= 0.3 is 0 Å². The van der Waals surface area contributed by atoms with E-state index in [1.165, 1.54) is 89.0 Å². The molecule has 166 valence electrons. The van der Waals surface area contributed by atoms with Gasteiger partial charge in [-0.25, -0.2) is 4.98 Å². The Kier molecular flexibility index (Phi) is 16.1. The first kappa shape index (κ1) is 26.1. The van der Waals surface area contributed by atoms with Crippen LogP contribution in [0.2, 0.25) is 0 Å². The summed E-state index contributed by atoms with van der Waals surface area (Å²) in [6.07, 6.45) is 23.5. The first-order valence-corrected chi connectivity index (χ1v) is 13.0. The summed E-state index contributed by atoms with van der Waals surface area (Å²) in [4.78, 5) is 4.56. The number of aryl methyl sites for hydroxylation is 1. The van der Waals surface area contributed by atoms with Crippen molar-refractivity contribution >= 4 is 17.4 Å². The SMILES string of the molecule is C=CCC(NCCCCCCCCCCCCCCC)C(C)=Cc1csc(C)n1. The van der Waals surface area contributed by atoms with Crippen molar-refractivity contribution in [2.75, 3.05) is 6.54 Å². The molecule has 29 heavy (non-hydrogen) atoms. The molecule has 1 N–H and O–H groups in total. The third-order valence-electron chi connectivity index (χ3n) is 5.64. The van der Waals surface area contributed by atoms with Gasteiger partial charge in [0.2, 0.25) is 0 Å². The maximum absolute atomic E-state index is 4.56. The van der Waals surface area contributed by atoms with Gasteiger partial charge in [-0.05, 0) is 39.3 Å². The summed E-state index contributed by atoms with van der Waals surface area (Å²) in [5.41, 5.74) is 2.44. The van der Waals surface area contributed by atoms with Gasteiger partial charge in [-0.3, -0.25) is 0 Å². The van der Waals surface area contributed by atoms with Crippen molar-refractivity contribution in [2.24, 2.45) is 0 Å². The Balaban J connectivity index is 2.04. The Hall–Kier alpha value is -0.930. The van der Waals surface area contributed by atoms with E-state index in [1.807, 2.05) is 6.08 Å². The lowest BCUT2D eigenvalue weighted by Crippen LogP contribution is -2.30. The van der Waals surface area contributed by atoms with Crippen molar-refractivity contribution in [2.45, 2.75) is 117 Å². The topological polar surface area (TPSA) is 24.9 Å². The van der Waals surface area contributed by atoms with Crippen LogP contribution in [0.25, 0.3) is 6.08 Å². The predicted octanol–water partition coefficient (Wildman–Crippen LogP) is 8.48. The molecule has 1 aromatic heterocycles. The summed E-state index contributed by atoms with van der Waals surface area (Å²) in [7, 11) is 0. The van der Waals surface area contributed by atoms with Gasteiger partial charge in [-0.2, -0.15) is 0 Å². The number of hydrogen-bond acceptors (Lipinski definition) is 3. The highest BCUT2D eigenvalue weighted by Gasteiger charge is 2.09. The smallest absolute Gasteiger partial charge is 0.0901 e. The molecule has 1 heterocycles. The highest BCUT2D eigenvalue weighted by molar-refractivity contribution is 7.09. The Bertz CT molecular complexity index is 547. The van der Waals surface area contributed by atoms with Crippen LogP contribution in [-0.2, 0) is 0 Å². The zero-order valence-corrected chi connectivity index (χ0v) is 20.3. The molecule has 0 saturated carbocycles. The lowest BCUT2D eigenvalue weighted by Gasteiger charge is -2.18. The Morgan fingerprint density at radius 3 is 2.03 bits per heavy atom. The summed E-state index contributed by atoms with van der Waals surface area (Å²) in [6, 6.07) is 0.381. The molecule has 0 aromatic carbocycles. The number of aromatic nitrogens is 1. The van der Waals surface area contributed by atoms with Gasteiger partial charge in [-0.1, -0.05) is 95.6 Å². The fourth-order valence-corrected chi connectivity index (χ4v) is 4.37. The van der Waals surface area contributed by atoms with Crippen molar-refractivity contribution in [1.29, 1.82) is 0 Å². The van der Waals surface area contributed by atoms with Crippen LogP contribution >= 0.6 is 11.3 Å². The lowest BCUT2D eigenvalue weighted by atomic mass is 10.0. The molecule has 1 aromatic rings. The largest absolute Gasteiger partial charge is 0.310 e. The Labute approximate surface area is 185 Å². The zero-order chi connectivity index (χ0) is 21.2. The third-order valence-corrected chi connectivity index (χ3v) is 6.43. The molecule has 0 saturated heterocycles. The number of rotatable bonds is 19. The predicted molar refractivity (Wildman–Crippen MR) is 133 cm³/mol. The molecule has 0 bridgehead atoms. The standard InChI is InChI=1S/C26H46N2S/c1-5-7-8-9-10-11-12-13-14-15-16-17-18-20-27-26(19-6-2)23(3)21-25-22-29-24(4)28-25/h6,21-22,26-27H,2,5,7-20H2,1,3-4H3. The van der Waals surface area contributed by atoms with E-state index in [9.17, 15) is 0 Å². The second-order valence-corrected chi connectivity index (χ2v) is 9.52. The van der Waals surface area contributed by atoms with Gasteiger partial charge in [0.05, 0.1) is 10.7 Å². The van der Waals surface area contributed by atoms with E-state index in [0.29, 0.717) is 6.04 Å². The average molecular weight is 419 g/mol. The summed E-state index contributed by atoms with van der Waals surface area (Å²) in [5, 5.41) is 6.99. The van der Waals surface area contributed by atoms with Crippen LogP contribution in [0.5, 0.6) is 0 Å². The molecule has 0 aliphatic rings. The van der Waals surface area contributed by atoms with Crippen molar-refractivity contribution in [3.63, 3.8) is 0 Å². The van der Waals surface area contributed by atoms with Crippen LogP contribution in [-0.4, -0.2) is 17.6 Å². The fraction of sp³-hybridized carbons (Fsp3) is 0.731. The van der Waals surface area contributed by atoms with Crippen LogP contribution < -0.4 is 5.32 Å². The minimum absolute atomic E-state index is 0.381. The van der Waals surface area contributed by atoms with E-state index in [-0.39, 0.29) is 0 Å². The molecule has 1 rings (SSSR count). The van der Waals surface area contributed by atoms with Crippen molar-refractivity contribution < 1.29 is 0 Å². The van der Waals surface area contributed by atoms with E-state index in [4.69, 9.17) is 0 Å². The molecule has 3 heteroatoms. The van der Waals surface area contributed by atoms with Crippen LogP contribution in [0.1, 0.15) is 114 Å². The van der Waals surface area contributed by atoms with E-state index in [1.54, 1.807) is 11.3 Å². The molecular formula is C26H46N2S. The first-order chi connectivity index (χ1) is 14.2. The quantitative estimate of drug-likeness (QED) is 0.180.